The number of benzene rings is 8. The van der Waals surface area contributed by atoms with Gasteiger partial charge in [-0.15, -0.1) is 0 Å². The van der Waals surface area contributed by atoms with E-state index in [0.717, 1.165) is 49.7 Å². The molecule has 0 atom stereocenters. The van der Waals surface area contributed by atoms with E-state index in [1.807, 2.05) is 36.0 Å². The number of hydrogen-bond acceptors (Lipinski definition) is 4. The molecule has 2 aliphatic rings. The summed E-state index contributed by atoms with van der Waals surface area (Å²) in [6, 6.07) is 67.7. The second-order valence-corrected chi connectivity index (χ2v) is 16.3. The Hall–Kier alpha value is -7.21. The van der Waals surface area contributed by atoms with E-state index in [4.69, 9.17) is 14.4 Å². The summed E-state index contributed by atoms with van der Waals surface area (Å²) in [4.78, 5) is 13.4. The zero-order chi connectivity index (χ0) is 38.0. The molecule has 1 spiro atoms. The first-order valence-electron chi connectivity index (χ1n) is 19.7. The zero-order valence-electron chi connectivity index (χ0n) is 31.1. The van der Waals surface area contributed by atoms with Crippen LogP contribution in [0.2, 0.25) is 0 Å². The maximum atomic E-state index is 6.60. The van der Waals surface area contributed by atoms with Gasteiger partial charge in [0.25, 0.3) is 0 Å². The Bertz CT molecular complexity index is 3440. The molecule has 4 nitrogen and oxygen atoms in total. The first-order chi connectivity index (χ1) is 28.8. The van der Waals surface area contributed by atoms with Crippen molar-refractivity contribution in [1.29, 1.82) is 0 Å². The van der Waals surface area contributed by atoms with Gasteiger partial charge in [-0.1, -0.05) is 163 Å². The van der Waals surface area contributed by atoms with Gasteiger partial charge in [-0.25, -0.2) is 9.97 Å². The molecule has 270 valence electrons. The normalized spacial score (nSPS) is 13.6. The summed E-state index contributed by atoms with van der Waals surface area (Å²) < 4.78 is 8.88. The van der Waals surface area contributed by atoms with Crippen molar-refractivity contribution < 1.29 is 4.42 Å². The molecule has 0 saturated heterocycles. The highest BCUT2D eigenvalue weighted by Crippen LogP contribution is 2.62. The van der Waals surface area contributed by atoms with Crippen LogP contribution in [0.5, 0.6) is 0 Å². The molecule has 4 heterocycles. The van der Waals surface area contributed by atoms with E-state index in [1.54, 1.807) is 0 Å². The molecular weight excluding hydrogens is 727 g/mol. The maximum absolute atomic E-state index is 6.60. The van der Waals surface area contributed by atoms with Gasteiger partial charge in [0, 0.05) is 31.5 Å². The fourth-order valence-corrected chi connectivity index (χ4v) is 11.1. The molecule has 11 aromatic rings. The average molecular weight is 758 g/mol. The summed E-state index contributed by atoms with van der Waals surface area (Å²) in [5.41, 5.74) is 15.7. The monoisotopic (exact) mass is 757 g/mol. The molecule has 3 aromatic heterocycles. The van der Waals surface area contributed by atoms with E-state index >= 15 is 0 Å². The van der Waals surface area contributed by atoms with Crippen LogP contribution in [0.3, 0.4) is 0 Å². The molecule has 0 unspecified atom stereocenters. The van der Waals surface area contributed by atoms with Crippen molar-refractivity contribution in [3.8, 4) is 39.5 Å². The fourth-order valence-electron chi connectivity index (χ4n) is 9.86. The Balaban J connectivity index is 1.12. The largest absolute Gasteiger partial charge is 0.452 e. The van der Waals surface area contributed by atoms with Crippen molar-refractivity contribution in [1.82, 2.24) is 14.5 Å². The van der Waals surface area contributed by atoms with Crippen molar-refractivity contribution in [2.75, 3.05) is 0 Å². The Morgan fingerprint density at radius 2 is 1.07 bits per heavy atom. The SMILES string of the molecule is c1ccc(-c2ccc(-c3nc(-n4c5ccccc5c5cc6c(cc54)C4(c5ccccc5S6)c5ccccc5-c5ccccc54)nc4c3oc3ccccc34)cc2)cc1. The Morgan fingerprint density at radius 1 is 0.448 bits per heavy atom. The summed E-state index contributed by atoms with van der Waals surface area (Å²) in [6.07, 6.45) is 0. The number of furan rings is 1. The van der Waals surface area contributed by atoms with E-state index in [1.165, 1.54) is 54.1 Å². The van der Waals surface area contributed by atoms with Gasteiger partial charge in [-0.3, -0.25) is 4.57 Å². The van der Waals surface area contributed by atoms with Crippen LogP contribution in [0.25, 0.3) is 83.3 Å². The van der Waals surface area contributed by atoms with Crippen LogP contribution in [0.4, 0.5) is 0 Å². The lowest BCUT2D eigenvalue weighted by Crippen LogP contribution is -2.32. The number of aromatic nitrogens is 3. The number of fused-ring (bicyclic) bond motifs is 15. The summed E-state index contributed by atoms with van der Waals surface area (Å²) in [5, 5.41) is 3.30. The molecule has 0 saturated carbocycles. The van der Waals surface area contributed by atoms with E-state index in [2.05, 4.69) is 168 Å². The third kappa shape index (κ3) is 4.26. The Kier molecular flexibility index (Phi) is 6.55. The van der Waals surface area contributed by atoms with Gasteiger partial charge in [0.1, 0.15) is 16.8 Å². The average Bonchev–Trinajstić information content (AvgIpc) is 3.92. The second-order valence-electron chi connectivity index (χ2n) is 15.2. The Labute approximate surface area is 338 Å². The molecule has 1 aliphatic heterocycles. The van der Waals surface area contributed by atoms with Gasteiger partial charge in [0.05, 0.1) is 16.4 Å². The molecular formula is C53H31N3OS. The van der Waals surface area contributed by atoms with Crippen molar-refractivity contribution in [3.05, 3.63) is 210 Å². The van der Waals surface area contributed by atoms with Crippen LogP contribution >= 0.6 is 11.8 Å². The highest BCUT2D eigenvalue weighted by molar-refractivity contribution is 7.99. The molecule has 1 aliphatic carbocycles. The summed E-state index contributed by atoms with van der Waals surface area (Å²) in [5.74, 6) is 0.609. The molecule has 8 aromatic carbocycles. The molecule has 5 heteroatoms. The highest BCUT2D eigenvalue weighted by Gasteiger charge is 2.50. The summed E-state index contributed by atoms with van der Waals surface area (Å²) in [7, 11) is 0. The summed E-state index contributed by atoms with van der Waals surface area (Å²) in [6.45, 7) is 0. The minimum Gasteiger partial charge on any atom is -0.452 e. The molecule has 0 radical (unpaired) electrons. The lowest BCUT2D eigenvalue weighted by Gasteiger charge is -2.39. The third-order valence-corrected chi connectivity index (χ3v) is 13.4. The molecule has 0 amide bonds. The summed E-state index contributed by atoms with van der Waals surface area (Å²) >= 11 is 1.87. The zero-order valence-corrected chi connectivity index (χ0v) is 31.9. The van der Waals surface area contributed by atoms with Gasteiger partial charge < -0.3 is 4.42 Å². The van der Waals surface area contributed by atoms with Crippen molar-refractivity contribution in [2.24, 2.45) is 0 Å². The second kappa shape index (κ2) is 11.9. The van der Waals surface area contributed by atoms with E-state index in [0.29, 0.717) is 11.5 Å². The predicted molar refractivity (Wildman–Crippen MR) is 236 cm³/mol. The van der Waals surface area contributed by atoms with Crippen LogP contribution < -0.4 is 0 Å². The third-order valence-electron chi connectivity index (χ3n) is 12.3. The quantitative estimate of drug-likeness (QED) is 0.180. The van der Waals surface area contributed by atoms with E-state index in [9.17, 15) is 0 Å². The van der Waals surface area contributed by atoms with Crippen LogP contribution in [-0.4, -0.2) is 14.5 Å². The van der Waals surface area contributed by atoms with Gasteiger partial charge >= 0.3 is 0 Å². The lowest BCUT2D eigenvalue weighted by molar-refractivity contribution is 0.666. The van der Waals surface area contributed by atoms with Crippen LogP contribution in [0.1, 0.15) is 22.3 Å². The van der Waals surface area contributed by atoms with E-state index in [-0.39, 0.29) is 0 Å². The number of nitrogens with zero attached hydrogens (tertiary/aromatic N) is 3. The van der Waals surface area contributed by atoms with Gasteiger partial charge in [-0.05, 0) is 80.9 Å². The first kappa shape index (κ1) is 31.9. The minimum absolute atomic E-state index is 0.503. The number of hydrogen-bond donors (Lipinski definition) is 0. The minimum atomic E-state index is -0.503. The van der Waals surface area contributed by atoms with Crippen molar-refractivity contribution in [2.45, 2.75) is 15.2 Å². The van der Waals surface area contributed by atoms with Gasteiger partial charge in [0.15, 0.2) is 5.58 Å². The number of rotatable bonds is 3. The number of para-hydroxylation sites is 2. The highest BCUT2D eigenvalue weighted by atomic mass is 32.2. The molecule has 0 N–H and O–H groups in total. The maximum Gasteiger partial charge on any atom is 0.236 e. The topological polar surface area (TPSA) is 43.9 Å². The fraction of sp³-hybridized carbons (Fsp3) is 0.0189. The lowest BCUT2D eigenvalue weighted by atomic mass is 9.67. The van der Waals surface area contributed by atoms with Crippen LogP contribution in [0.15, 0.2) is 202 Å². The van der Waals surface area contributed by atoms with Gasteiger partial charge in [0.2, 0.25) is 5.95 Å². The van der Waals surface area contributed by atoms with E-state index < -0.39 is 5.41 Å². The Morgan fingerprint density at radius 3 is 1.86 bits per heavy atom. The predicted octanol–water partition coefficient (Wildman–Crippen LogP) is 13.6. The van der Waals surface area contributed by atoms with Crippen molar-refractivity contribution in [3.63, 3.8) is 0 Å². The van der Waals surface area contributed by atoms with Crippen LogP contribution in [-0.2, 0) is 5.41 Å². The smallest absolute Gasteiger partial charge is 0.236 e. The molecule has 0 fully saturated rings. The molecule has 58 heavy (non-hydrogen) atoms. The van der Waals surface area contributed by atoms with Crippen LogP contribution in [0, 0.1) is 0 Å². The van der Waals surface area contributed by atoms with Gasteiger partial charge in [-0.2, -0.15) is 0 Å². The molecule has 0 bridgehead atoms. The standard InChI is InChI=1S/C53H31N3OS/c1-2-14-32(15-3-1)33-26-28-34(29-27-33)49-51-50(38-19-7-12-24-46(38)57-51)55-52(54-49)56-44-23-11-6-18-37(44)39-30-48-43(31-45(39)56)53(42-22-10-13-25-47(42)58-48)40-20-8-4-16-35(40)36-17-5-9-21-41(36)53/h1-31H. The molecule has 13 rings (SSSR count). The first-order valence-corrected chi connectivity index (χ1v) is 20.5. The van der Waals surface area contributed by atoms with Crippen molar-refractivity contribution >= 4 is 55.6 Å².